The molecule has 5 nitrogen and oxygen atoms in total. The van der Waals surface area contributed by atoms with Gasteiger partial charge in [0.1, 0.15) is 0 Å². The van der Waals surface area contributed by atoms with E-state index in [-0.39, 0.29) is 5.91 Å². The van der Waals surface area contributed by atoms with Crippen LogP contribution in [-0.4, -0.2) is 35.6 Å². The highest BCUT2D eigenvalue weighted by Gasteiger charge is 2.14. The highest BCUT2D eigenvalue weighted by molar-refractivity contribution is 6.07. The number of hydrogen-bond donors (Lipinski definition) is 1. The number of carbonyl (C=O) groups excluding carboxylic acids is 1. The zero-order valence-corrected chi connectivity index (χ0v) is 15.2. The molecule has 1 N–H and O–H groups in total. The maximum Gasteiger partial charge on any atom is 0.252 e. The highest BCUT2D eigenvalue weighted by atomic mass is 16.5. The average molecular weight is 349 g/mol. The second kappa shape index (κ2) is 8.54. The Morgan fingerprint density at radius 1 is 1.15 bits per heavy atom. The molecule has 3 rings (SSSR count). The van der Waals surface area contributed by atoms with Gasteiger partial charge in [0, 0.05) is 31.3 Å². The third-order valence-electron chi connectivity index (χ3n) is 4.09. The number of rotatable bonds is 7. The Labute approximate surface area is 153 Å². The van der Waals surface area contributed by atoms with Gasteiger partial charge in [-0.15, -0.1) is 0 Å². The van der Waals surface area contributed by atoms with Gasteiger partial charge < -0.3 is 10.1 Å². The maximum absolute atomic E-state index is 12.8. The number of carbonyl (C=O) groups is 1. The van der Waals surface area contributed by atoms with Gasteiger partial charge in [-0.25, -0.2) is 4.98 Å². The zero-order valence-electron chi connectivity index (χ0n) is 15.2. The predicted molar refractivity (Wildman–Crippen MR) is 103 cm³/mol. The van der Waals surface area contributed by atoms with Gasteiger partial charge in [-0.1, -0.05) is 17.7 Å². The van der Waals surface area contributed by atoms with Gasteiger partial charge in [0.2, 0.25) is 0 Å². The summed E-state index contributed by atoms with van der Waals surface area (Å²) in [5, 5.41) is 3.83. The number of nitrogens with one attached hydrogen (secondary N) is 1. The lowest BCUT2D eigenvalue weighted by molar-refractivity contribution is 0.0946. The van der Waals surface area contributed by atoms with Crippen LogP contribution in [0.3, 0.4) is 0 Å². The number of fused-ring (bicyclic) bond motifs is 1. The topological polar surface area (TPSA) is 64.1 Å². The smallest absolute Gasteiger partial charge is 0.252 e. The van der Waals surface area contributed by atoms with Crippen LogP contribution < -0.4 is 5.32 Å². The summed E-state index contributed by atoms with van der Waals surface area (Å²) in [6.07, 6.45) is 2.51. The van der Waals surface area contributed by atoms with Crippen LogP contribution >= 0.6 is 0 Å². The summed E-state index contributed by atoms with van der Waals surface area (Å²) in [4.78, 5) is 21.8. The minimum absolute atomic E-state index is 0.100. The van der Waals surface area contributed by atoms with Crippen molar-refractivity contribution in [3.8, 4) is 11.4 Å². The van der Waals surface area contributed by atoms with Crippen molar-refractivity contribution in [2.75, 3.05) is 19.8 Å². The molecule has 1 amide bonds. The minimum atomic E-state index is -0.100. The number of nitrogens with zero attached hydrogens (tertiary/aromatic N) is 2. The summed E-state index contributed by atoms with van der Waals surface area (Å²) in [7, 11) is 0. The lowest BCUT2D eigenvalue weighted by Gasteiger charge is -2.11. The van der Waals surface area contributed by atoms with Crippen molar-refractivity contribution in [3.63, 3.8) is 0 Å². The molecule has 3 aromatic rings. The van der Waals surface area contributed by atoms with Crippen molar-refractivity contribution in [2.45, 2.75) is 20.3 Å². The number of hydrogen-bond acceptors (Lipinski definition) is 4. The summed E-state index contributed by atoms with van der Waals surface area (Å²) in [6.45, 7) is 5.88. The van der Waals surface area contributed by atoms with Crippen molar-refractivity contribution >= 4 is 16.8 Å². The molecule has 0 radical (unpaired) electrons. The fourth-order valence-corrected chi connectivity index (χ4v) is 2.79. The van der Waals surface area contributed by atoms with Crippen molar-refractivity contribution < 1.29 is 9.53 Å². The van der Waals surface area contributed by atoms with Gasteiger partial charge in [0.05, 0.1) is 22.5 Å². The fourth-order valence-electron chi connectivity index (χ4n) is 2.79. The summed E-state index contributed by atoms with van der Waals surface area (Å²) < 4.78 is 5.31. The molecule has 5 heteroatoms. The van der Waals surface area contributed by atoms with Crippen molar-refractivity contribution in [2.24, 2.45) is 0 Å². The Hall–Kier alpha value is -2.79. The summed E-state index contributed by atoms with van der Waals surface area (Å²) in [5.74, 6) is -0.100. The highest BCUT2D eigenvalue weighted by Crippen LogP contribution is 2.24. The third-order valence-corrected chi connectivity index (χ3v) is 4.09. The molecule has 0 saturated heterocycles. The molecule has 0 aliphatic rings. The van der Waals surface area contributed by atoms with Gasteiger partial charge in [0.15, 0.2) is 0 Å². The molecule has 2 heterocycles. The van der Waals surface area contributed by atoms with E-state index in [0.717, 1.165) is 28.6 Å². The standard InChI is InChI=1S/C21H23N3O2/c1-3-26-12-6-11-23-21(25)17-14-20(19-7-4-5-10-22-19)24-18-9-8-15(2)13-16(17)18/h4-5,7-10,13-14H,3,6,11-12H2,1-2H3,(H,23,25). The molecule has 0 saturated carbocycles. The fraction of sp³-hybridized carbons (Fsp3) is 0.286. The van der Waals surface area contributed by atoms with Crippen LogP contribution in [-0.2, 0) is 4.74 Å². The number of ether oxygens (including phenoxy) is 1. The van der Waals surface area contributed by atoms with Crippen molar-refractivity contribution in [1.29, 1.82) is 0 Å². The van der Waals surface area contributed by atoms with E-state index in [1.54, 1.807) is 6.20 Å². The first-order valence-corrected chi connectivity index (χ1v) is 8.88. The number of aryl methyl sites for hydroxylation is 1. The predicted octanol–water partition coefficient (Wildman–Crippen LogP) is 3.76. The molecule has 0 aliphatic heterocycles. The third kappa shape index (κ3) is 4.24. The first-order chi connectivity index (χ1) is 12.7. The Kier molecular flexibility index (Phi) is 5.92. The molecule has 1 aromatic carbocycles. The van der Waals surface area contributed by atoms with Crippen LogP contribution in [0.1, 0.15) is 29.3 Å². The first kappa shape index (κ1) is 18.0. The van der Waals surface area contributed by atoms with Crippen LogP contribution in [0.2, 0.25) is 0 Å². The van der Waals surface area contributed by atoms with Gasteiger partial charge in [-0.3, -0.25) is 9.78 Å². The SMILES string of the molecule is CCOCCCNC(=O)c1cc(-c2ccccn2)nc2ccc(C)cc12. The van der Waals surface area contributed by atoms with Crippen LogP contribution in [0.15, 0.2) is 48.7 Å². The monoisotopic (exact) mass is 349 g/mol. The second-order valence-electron chi connectivity index (χ2n) is 6.10. The molecule has 2 aromatic heterocycles. The molecule has 0 unspecified atom stereocenters. The van der Waals surface area contributed by atoms with Crippen LogP contribution in [0.5, 0.6) is 0 Å². The Bertz CT molecular complexity index is 894. The average Bonchev–Trinajstić information content (AvgIpc) is 2.67. The lowest BCUT2D eigenvalue weighted by Crippen LogP contribution is -2.25. The van der Waals surface area contributed by atoms with Crippen molar-refractivity contribution in [1.82, 2.24) is 15.3 Å². The summed E-state index contributed by atoms with van der Waals surface area (Å²) >= 11 is 0. The quantitative estimate of drug-likeness (QED) is 0.660. The molecule has 0 fully saturated rings. The first-order valence-electron chi connectivity index (χ1n) is 8.88. The molecule has 0 aliphatic carbocycles. The van der Waals surface area contributed by atoms with E-state index in [9.17, 15) is 4.79 Å². The van der Waals surface area contributed by atoms with E-state index in [0.29, 0.717) is 31.0 Å². The van der Waals surface area contributed by atoms with Crippen LogP contribution in [0.4, 0.5) is 0 Å². The summed E-state index contributed by atoms with van der Waals surface area (Å²) in [5.41, 5.74) is 3.95. The minimum Gasteiger partial charge on any atom is -0.382 e. The Morgan fingerprint density at radius 3 is 2.81 bits per heavy atom. The Balaban J connectivity index is 1.93. The zero-order chi connectivity index (χ0) is 18.4. The lowest BCUT2D eigenvalue weighted by atomic mass is 10.0. The van der Waals surface area contributed by atoms with Crippen LogP contribution in [0, 0.1) is 6.92 Å². The van der Waals surface area contributed by atoms with Crippen LogP contribution in [0.25, 0.3) is 22.3 Å². The molecule has 26 heavy (non-hydrogen) atoms. The van der Waals surface area contributed by atoms with Gasteiger partial charge in [-0.05, 0) is 50.6 Å². The number of aromatic nitrogens is 2. The molecule has 134 valence electrons. The van der Waals surface area contributed by atoms with E-state index < -0.39 is 0 Å². The molecule has 0 atom stereocenters. The number of benzene rings is 1. The molecule has 0 bridgehead atoms. The van der Waals surface area contributed by atoms with E-state index >= 15 is 0 Å². The van der Waals surface area contributed by atoms with E-state index in [1.807, 2.05) is 56.3 Å². The normalized spacial score (nSPS) is 10.8. The maximum atomic E-state index is 12.8. The summed E-state index contributed by atoms with van der Waals surface area (Å²) in [6, 6.07) is 13.4. The van der Waals surface area contributed by atoms with E-state index in [2.05, 4.69) is 15.3 Å². The number of pyridine rings is 2. The Morgan fingerprint density at radius 2 is 2.04 bits per heavy atom. The van der Waals surface area contributed by atoms with Gasteiger partial charge in [-0.2, -0.15) is 0 Å². The molecular weight excluding hydrogens is 326 g/mol. The van der Waals surface area contributed by atoms with E-state index in [1.165, 1.54) is 0 Å². The van der Waals surface area contributed by atoms with Crippen molar-refractivity contribution in [3.05, 3.63) is 59.8 Å². The largest absolute Gasteiger partial charge is 0.382 e. The molecule has 0 spiro atoms. The number of amides is 1. The van der Waals surface area contributed by atoms with Gasteiger partial charge in [0.25, 0.3) is 5.91 Å². The van der Waals surface area contributed by atoms with E-state index in [4.69, 9.17) is 4.74 Å². The second-order valence-corrected chi connectivity index (χ2v) is 6.10. The molecular formula is C21H23N3O2. The van der Waals surface area contributed by atoms with Gasteiger partial charge >= 0.3 is 0 Å².